The van der Waals surface area contributed by atoms with Gasteiger partial charge in [-0.1, -0.05) is 29.4 Å². The second-order valence-electron chi connectivity index (χ2n) is 10.6. The summed E-state index contributed by atoms with van der Waals surface area (Å²) >= 11 is 8.10. The average Bonchev–Trinajstić information content (AvgIpc) is 3.47. The van der Waals surface area contributed by atoms with Crippen molar-refractivity contribution in [1.29, 1.82) is 0 Å². The first-order valence-corrected chi connectivity index (χ1v) is 16.1. The lowest BCUT2D eigenvalue weighted by Crippen LogP contribution is -2.71. The van der Waals surface area contributed by atoms with E-state index >= 15 is 0 Å². The van der Waals surface area contributed by atoms with Gasteiger partial charge in [-0.2, -0.15) is 0 Å². The number of carbonyl (C=O) groups is 4. The number of nitrogens with zero attached hydrogens (tertiary/aromatic N) is 3. The van der Waals surface area contributed by atoms with Crippen LogP contribution in [-0.4, -0.2) is 82.1 Å². The Bertz CT molecular complexity index is 1560. The van der Waals surface area contributed by atoms with Crippen molar-refractivity contribution in [1.82, 2.24) is 15.2 Å². The Hall–Kier alpha value is -4.15. The summed E-state index contributed by atoms with van der Waals surface area (Å²) in [5.74, 6) is -1.03. The molecule has 1 aromatic heterocycles. The Morgan fingerprint density at radius 2 is 1.98 bits per heavy atom. The van der Waals surface area contributed by atoms with Crippen LogP contribution in [0.5, 0.6) is 5.75 Å². The van der Waals surface area contributed by atoms with Gasteiger partial charge in [-0.3, -0.25) is 19.8 Å². The maximum absolute atomic E-state index is 13.4. The molecule has 17 heteroatoms. The van der Waals surface area contributed by atoms with Crippen LogP contribution < -0.4 is 15.4 Å². The summed E-state index contributed by atoms with van der Waals surface area (Å²) in [4.78, 5) is 62.1. The number of aromatic nitrogens is 1. The minimum Gasteiger partial charge on any atom is -0.497 e. The Morgan fingerprint density at radius 3 is 2.63 bits per heavy atom. The van der Waals surface area contributed by atoms with Gasteiger partial charge in [-0.25, -0.2) is 19.0 Å². The van der Waals surface area contributed by atoms with E-state index in [1.165, 1.54) is 22.0 Å². The number of esters is 1. The summed E-state index contributed by atoms with van der Waals surface area (Å²) in [6, 6.07) is 5.90. The summed E-state index contributed by atoms with van der Waals surface area (Å²) < 4.78 is 28.8. The second kappa shape index (κ2) is 15.4. The van der Waals surface area contributed by atoms with Crippen molar-refractivity contribution < 1.29 is 42.6 Å². The summed E-state index contributed by atoms with van der Waals surface area (Å²) in [5, 5.41) is 9.40. The van der Waals surface area contributed by atoms with Crippen molar-refractivity contribution in [2.75, 3.05) is 30.9 Å². The Morgan fingerprint density at radius 1 is 1.24 bits per heavy atom. The molecule has 0 radical (unpaired) electrons. The van der Waals surface area contributed by atoms with E-state index in [1.807, 2.05) is 0 Å². The first-order valence-electron chi connectivity index (χ1n) is 13.7. The molecule has 4 rings (SSSR count). The summed E-state index contributed by atoms with van der Waals surface area (Å²) in [5.41, 5.74) is 0.0575. The number of oxime groups is 1. The van der Waals surface area contributed by atoms with E-state index in [1.54, 1.807) is 64.3 Å². The predicted molar refractivity (Wildman–Crippen MR) is 170 cm³/mol. The molecule has 0 saturated carbocycles. The Labute approximate surface area is 277 Å². The number of rotatable bonds is 12. The lowest BCUT2D eigenvalue weighted by molar-refractivity contribution is -0.153. The van der Waals surface area contributed by atoms with Gasteiger partial charge in [0.1, 0.15) is 40.8 Å². The van der Waals surface area contributed by atoms with E-state index < -0.39 is 53.5 Å². The number of ether oxygens (including phenoxy) is 3. The highest BCUT2D eigenvalue weighted by Gasteiger charge is 2.54. The molecule has 2 atom stereocenters. The second-order valence-corrected chi connectivity index (χ2v) is 12.8. The number of hydrogen-bond donors (Lipinski definition) is 2. The number of β-lactam (4-membered cyclic amide) rings is 1. The molecule has 1 aromatic carbocycles. The van der Waals surface area contributed by atoms with Crippen LogP contribution in [0.15, 0.2) is 58.2 Å². The van der Waals surface area contributed by atoms with Crippen LogP contribution in [-0.2, 0) is 35.3 Å². The quantitative estimate of drug-likeness (QED) is 0.108. The van der Waals surface area contributed by atoms with Gasteiger partial charge >= 0.3 is 12.1 Å². The monoisotopic (exact) mass is 695 g/mol. The summed E-state index contributed by atoms with van der Waals surface area (Å²) in [6.07, 6.45) is 2.53. The number of fused-ring (bicyclic) bond motifs is 1. The standard InChI is InChI=1S/C29H31ClFN5O8S2/c1-29(2,3)44-28(40)34-27-32-19(14-46-27)20(35-43-15-31)23(37)33-21-24(38)36-22(17(6-5-11-30)13-45-25(21)36)26(39)42-12-16-7-9-18(41-4)10-8-16/h5-10,14,21,25H,11-13,15H2,1-4H3,(H,33,37)(H,32,34,40)/b6-5+,35-20-/t21-,25-/m1/s1. The fourth-order valence-electron chi connectivity index (χ4n) is 4.22. The van der Waals surface area contributed by atoms with Gasteiger partial charge in [0.05, 0.1) is 7.11 Å². The molecule has 0 bridgehead atoms. The molecule has 3 heterocycles. The molecule has 2 N–H and O–H groups in total. The van der Waals surface area contributed by atoms with Gasteiger partial charge in [0.2, 0.25) is 0 Å². The van der Waals surface area contributed by atoms with Gasteiger partial charge in [-0.05, 0) is 44.0 Å². The highest BCUT2D eigenvalue weighted by Crippen LogP contribution is 2.41. The highest BCUT2D eigenvalue weighted by molar-refractivity contribution is 8.00. The van der Waals surface area contributed by atoms with Crippen molar-refractivity contribution in [3.8, 4) is 5.75 Å². The van der Waals surface area contributed by atoms with Gasteiger partial charge in [0, 0.05) is 17.0 Å². The smallest absolute Gasteiger partial charge is 0.413 e. The number of hydrogen-bond acceptors (Lipinski definition) is 12. The Balaban J connectivity index is 1.48. The fraction of sp³-hybridized carbons (Fsp3) is 0.379. The third-order valence-electron chi connectivity index (χ3n) is 6.19. The predicted octanol–water partition coefficient (Wildman–Crippen LogP) is 4.34. The number of thiazole rings is 1. The number of thioether (sulfide) groups is 1. The minimum absolute atomic E-state index is 0.0427. The topological polar surface area (TPSA) is 158 Å². The third-order valence-corrected chi connectivity index (χ3v) is 8.43. The van der Waals surface area contributed by atoms with Crippen molar-refractivity contribution in [3.05, 3.63) is 64.3 Å². The van der Waals surface area contributed by atoms with Crippen LogP contribution >= 0.6 is 34.7 Å². The van der Waals surface area contributed by atoms with E-state index in [2.05, 4.69) is 25.6 Å². The number of carbonyl (C=O) groups excluding carboxylic acids is 4. The minimum atomic E-state index is -1.33. The SMILES string of the molecule is COc1ccc(COC(=O)C2=C(/C=C/CCl)CS[C@@H]3[C@H](NC(=O)/C(=N\OCF)c4csc(NC(=O)OC(C)(C)C)n4)C(=O)N23)cc1. The Kier molecular flexibility index (Phi) is 11.6. The van der Waals surface area contributed by atoms with Crippen LogP contribution in [0.3, 0.4) is 0 Å². The lowest BCUT2D eigenvalue weighted by atomic mass is 10.0. The lowest BCUT2D eigenvalue weighted by Gasteiger charge is -2.49. The zero-order valence-corrected chi connectivity index (χ0v) is 27.6. The van der Waals surface area contributed by atoms with E-state index in [9.17, 15) is 23.6 Å². The third kappa shape index (κ3) is 8.55. The molecule has 13 nitrogen and oxygen atoms in total. The molecule has 246 valence electrons. The van der Waals surface area contributed by atoms with Crippen molar-refractivity contribution >= 4 is 69.4 Å². The number of allylic oxidation sites excluding steroid dienone is 2. The maximum atomic E-state index is 13.4. The average molecular weight is 696 g/mol. The molecule has 2 aromatic rings. The van der Waals surface area contributed by atoms with Gasteiger partial charge in [0.15, 0.2) is 10.8 Å². The molecule has 0 unspecified atom stereocenters. The fourth-order valence-corrected chi connectivity index (χ4v) is 6.31. The molecule has 0 spiro atoms. The van der Waals surface area contributed by atoms with Crippen molar-refractivity contribution in [2.45, 2.75) is 44.4 Å². The molecule has 0 aliphatic carbocycles. The first-order chi connectivity index (χ1) is 21.9. The summed E-state index contributed by atoms with van der Waals surface area (Å²) in [6.45, 7) is 3.70. The molecule has 1 saturated heterocycles. The van der Waals surface area contributed by atoms with Gasteiger partial charge < -0.3 is 24.4 Å². The number of benzene rings is 1. The molecular weight excluding hydrogens is 665 g/mol. The highest BCUT2D eigenvalue weighted by atomic mass is 35.5. The van der Waals surface area contributed by atoms with Crippen LogP contribution in [0.2, 0.25) is 0 Å². The number of halogens is 2. The molecule has 3 amide bonds. The molecule has 2 aliphatic rings. The molecule has 46 heavy (non-hydrogen) atoms. The largest absolute Gasteiger partial charge is 0.497 e. The van der Waals surface area contributed by atoms with Gasteiger partial charge in [0.25, 0.3) is 18.7 Å². The number of nitrogens with one attached hydrogen (secondary N) is 2. The zero-order valence-electron chi connectivity index (χ0n) is 25.2. The van der Waals surface area contributed by atoms with E-state index in [-0.39, 0.29) is 29.0 Å². The number of amides is 3. The van der Waals surface area contributed by atoms with E-state index in [4.69, 9.17) is 25.8 Å². The van der Waals surface area contributed by atoms with Crippen molar-refractivity contribution in [3.63, 3.8) is 0 Å². The number of methoxy groups -OCH3 is 1. The van der Waals surface area contributed by atoms with Crippen LogP contribution in [0.25, 0.3) is 0 Å². The van der Waals surface area contributed by atoms with Crippen LogP contribution in [0, 0.1) is 0 Å². The van der Waals surface area contributed by atoms with E-state index in [0.717, 1.165) is 11.3 Å². The molecule has 1 fully saturated rings. The number of anilines is 1. The summed E-state index contributed by atoms with van der Waals surface area (Å²) in [7, 11) is 1.54. The van der Waals surface area contributed by atoms with E-state index in [0.29, 0.717) is 22.6 Å². The first kappa shape index (κ1) is 34.7. The van der Waals surface area contributed by atoms with Gasteiger partial charge in [-0.15, -0.1) is 34.7 Å². The number of alkyl halides is 2. The molecular formula is C29H31ClFN5O8S2. The van der Waals surface area contributed by atoms with Crippen LogP contribution in [0.1, 0.15) is 32.0 Å². The molecule has 2 aliphatic heterocycles. The zero-order chi connectivity index (χ0) is 33.4. The maximum Gasteiger partial charge on any atom is 0.413 e. The normalized spacial score (nSPS) is 18.1. The van der Waals surface area contributed by atoms with Crippen molar-refractivity contribution in [2.24, 2.45) is 5.16 Å². The van der Waals surface area contributed by atoms with Crippen LogP contribution in [0.4, 0.5) is 14.3 Å².